The molecule has 0 aliphatic heterocycles. The smallest absolute Gasteiger partial charge is 0.319 e. The third-order valence-corrected chi connectivity index (χ3v) is 2.12. The first-order valence-electron chi connectivity index (χ1n) is 4.62. The molecule has 0 fully saturated rings. The maximum absolute atomic E-state index is 11.7. The number of carbonyl (C=O) groups excluding carboxylic acids is 2. The molecule has 14 heavy (non-hydrogen) atoms. The zero-order chi connectivity index (χ0) is 11.4. The molecule has 0 bridgehead atoms. The second-order valence-corrected chi connectivity index (χ2v) is 3.59. The van der Waals surface area contributed by atoms with Gasteiger partial charge in [0, 0.05) is 7.11 Å². The maximum Gasteiger partial charge on any atom is 0.319 e. The van der Waals surface area contributed by atoms with Gasteiger partial charge in [0.1, 0.15) is 11.5 Å². The molecule has 82 valence electrons. The molecule has 0 aromatic heterocycles. The summed E-state index contributed by atoms with van der Waals surface area (Å²) in [7, 11) is 1.43. The number of hydrogen-bond donors (Lipinski definition) is 0. The highest BCUT2D eigenvalue weighted by atomic mass is 16.5. The number of rotatable bonds is 5. The topological polar surface area (TPSA) is 52.6 Å². The van der Waals surface area contributed by atoms with Crippen LogP contribution in [0.3, 0.4) is 0 Å². The highest BCUT2D eigenvalue weighted by Crippen LogP contribution is 2.21. The van der Waals surface area contributed by atoms with Crippen molar-refractivity contribution in [3.63, 3.8) is 0 Å². The summed E-state index contributed by atoms with van der Waals surface area (Å²) in [6.45, 7) is 6.68. The standard InChI is InChI=1S/C10H18O4/c1-6-14-9(12)10(3,4)8(11)7(2)13-5/h7H,6H2,1-5H3. The Kier molecular flexibility index (Phi) is 4.77. The van der Waals surface area contributed by atoms with Crippen LogP contribution in [0.2, 0.25) is 0 Å². The highest BCUT2D eigenvalue weighted by Gasteiger charge is 2.39. The molecule has 4 nitrogen and oxygen atoms in total. The summed E-state index contributed by atoms with van der Waals surface area (Å²) < 4.78 is 9.68. The van der Waals surface area contributed by atoms with Crippen molar-refractivity contribution >= 4 is 11.8 Å². The predicted octanol–water partition coefficient (Wildman–Crippen LogP) is 1.18. The summed E-state index contributed by atoms with van der Waals surface area (Å²) in [5.74, 6) is -0.771. The Bertz CT molecular complexity index is 220. The van der Waals surface area contributed by atoms with Gasteiger partial charge in [0.2, 0.25) is 0 Å². The summed E-state index contributed by atoms with van der Waals surface area (Å²) in [6.07, 6.45) is -0.589. The molecular formula is C10H18O4. The molecule has 0 N–H and O–H groups in total. The SMILES string of the molecule is CCOC(=O)C(C)(C)C(=O)C(C)OC. The van der Waals surface area contributed by atoms with E-state index in [2.05, 4.69) is 0 Å². The first-order chi connectivity index (χ1) is 6.37. The number of carbonyl (C=O) groups is 2. The van der Waals surface area contributed by atoms with E-state index in [1.807, 2.05) is 0 Å². The van der Waals surface area contributed by atoms with Gasteiger partial charge in [0.15, 0.2) is 5.78 Å². The fraction of sp³-hybridized carbons (Fsp3) is 0.800. The van der Waals surface area contributed by atoms with Crippen molar-refractivity contribution in [3.05, 3.63) is 0 Å². The largest absolute Gasteiger partial charge is 0.465 e. The van der Waals surface area contributed by atoms with Crippen LogP contribution < -0.4 is 0 Å². The first-order valence-corrected chi connectivity index (χ1v) is 4.62. The molecule has 0 aliphatic carbocycles. The van der Waals surface area contributed by atoms with Crippen molar-refractivity contribution in [2.45, 2.75) is 33.8 Å². The maximum atomic E-state index is 11.7. The Morgan fingerprint density at radius 3 is 2.21 bits per heavy atom. The van der Waals surface area contributed by atoms with Crippen molar-refractivity contribution in [2.24, 2.45) is 5.41 Å². The Morgan fingerprint density at radius 2 is 1.86 bits per heavy atom. The summed E-state index contributed by atoms with van der Waals surface area (Å²) in [5, 5.41) is 0. The molecule has 1 unspecified atom stereocenters. The zero-order valence-electron chi connectivity index (χ0n) is 9.42. The molecule has 0 aromatic carbocycles. The third-order valence-electron chi connectivity index (χ3n) is 2.12. The number of hydrogen-bond acceptors (Lipinski definition) is 4. The minimum Gasteiger partial charge on any atom is -0.465 e. The van der Waals surface area contributed by atoms with Gasteiger partial charge < -0.3 is 9.47 Å². The van der Waals surface area contributed by atoms with E-state index in [0.29, 0.717) is 0 Å². The van der Waals surface area contributed by atoms with E-state index in [1.54, 1.807) is 27.7 Å². The molecule has 0 spiro atoms. The van der Waals surface area contributed by atoms with Crippen LogP contribution in [0.4, 0.5) is 0 Å². The van der Waals surface area contributed by atoms with E-state index in [1.165, 1.54) is 7.11 Å². The minimum absolute atomic E-state index is 0.265. The van der Waals surface area contributed by atoms with Crippen LogP contribution >= 0.6 is 0 Å². The number of methoxy groups -OCH3 is 1. The van der Waals surface area contributed by atoms with Gasteiger partial charge in [-0.3, -0.25) is 9.59 Å². The second kappa shape index (κ2) is 5.10. The van der Waals surface area contributed by atoms with Crippen LogP contribution in [0.15, 0.2) is 0 Å². The van der Waals surface area contributed by atoms with Gasteiger partial charge >= 0.3 is 5.97 Å². The number of ether oxygens (including phenoxy) is 2. The molecular weight excluding hydrogens is 184 g/mol. The highest BCUT2D eigenvalue weighted by molar-refractivity contribution is 6.04. The van der Waals surface area contributed by atoms with Crippen molar-refractivity contribution in [1.82, 2.24) is 0 Å². The molecule has 0 saturated heterocycles. The van der Waals surface area contributed by atoms with E-state index < -0.39 is 17.5 Å². The van der Waals surface area contributed by atoms with Crippen molar-refractivity contribution in [2.75, 3.05) is 13.7 Å². The van der Waals surface area contributed by atoms with Crippen molar-refractivity contribution < 1.29 is 19.1 Å². The quantitative estimate of drug-likeness (QED) is 0.496. The van der Waals surface area contributed by atoms with Gasteiger partial charge in [-0.2, -0.15) is 0 Å². The molecule has 0 saturated carbocycles. The first kappa shape index (κ1) is 13.1. The van der Waals surface area contributed by atoms with Gasteiger partial charge in [-0.25, -0.2) is 0 Å². The fourth-order valence-electron chi connectivity index (χ4n) is 1.03. The number of esters is 1. The molecule has 0 rings (SSSR count). The van der Waals surface area contributed by atoms with Gasteiger partial charge in [0.05, 0.1) is 6.61 Å². The van der Waals surface area contributed by atoms with E-state index in [4.69, 9.17) is 9.47 Å². The molecule has 0 aromatic rings. The van der Waals surface area contributed by atoms with E-state index in [0.717, 1.165) is 0 Å². The molecule has 0 heterocycles. The number of Topliss-reactive ketones (excluding diaryl/α,β-unsaturated/α-hetero) is 1. The Labute approximate surface area is 84.6 Å². The average molecular weight is 202 g/mol. The molecule has 1 atom stereocenters. The lowest BCUT2D eigenvalue weighted by atomic mass is 9.85. The van der Waals surface area contributed by atoms with Crippen LogP contribution in [-0.4, -0.2) is 31.6 Å². The lowest BCUT2D eigenvalue weighted by Gasteiger charge is -2.23. The predicted molar refractivity (Wildman–Crippen MR) is 51.9 cm³/mol. The third kappa shape index (κ3) is 2.80. The second-order valence-electron chi connectivity index (χ2n) is 3.59. The van der Waals surface area contributed by atoms with Gasteiger partial charge in [-0.1, -0.05) is 0 Å². The van der Waals surface area contributed by atoms with Crippen LogP contribution in [0.1, 0.15) is 27.7 Å². The Hall–Kier alpha value is -0.900. The van der Waals surface area contributed by atoms with Gasteiger partial charge in [0.25, 0.3) is 0 Å². The summed E-state index contributed by atoms with van der Waals surface area (Å²) in [5.41, 5.74) is -1.13. The van der Waals surface area contributed by atoms with E-state index in [9.17, 15) is 9.59 Å². The van der Waals surface area contributed by atoms with E-state index >= 15 is 0 Å². The van der Waals surface area contributed by atoms with Crippen LogP contribution in [-0.2, 0) is 19.1 Å². The van der Waals surface area contributed by atoms with Crippen LogP contribution in [0.5, 0.6) is 0 Å². The summed E-state index contributed by atoms with van der Waals surface area (Å²) >= 11 is 0. The van der Waals surface area contributed by atoms with E-state index in [-0.39, 0.29) is 12.4 Å². The number of ketones is 1. The Morgan fingerprint density at radius 1 is 1.36 bits per heavy atom. The van der Waals surface area contributed by atoms with Gasteiger partial charge in [-0.05, 0) is 27.7 Å². The fourth-order valence-corrected chi connectivity index (χ4v) is 1.03. The lowest BCUT2D eigenvalue weighted by molar-refractivity contribution is -0.160. The van der Waals surface area contributed by atoms with Crippen molar-refractivity contribution in [1.29, 1.82) is 0 Å². The van der Waals surface area contributed by atoms with Crippen molar-refractivity contribution in [3.8, 4) is 0 Å². The molecule has 4 heteroatoms. The lowest BCUT2D eigenvalue weighted by Crippen LogP contribution is -2.41. The normalized spacial score (nSPS) is 13.5. The molecule has 0 radical (unpaired) electrons. The van der Waals surface area contributed by atoms with Gasteiger partial charge in [-0.15, -0.1) is 0 Å². The summed E-state index contributed by atoms with van der Waals surface area (Å²) in [6, 6.07) is 0. The summed E-state index contributed by atoms with van der Waals surface area (Å²) in [4.78, 5) is 23.1. The zero-order valence-corrected chi connectivity index (χ0v) is 9.42. The molecule has 0 aliphatic rings. The monoisotopic (exact) mass is 202 g/mol. The Balaban J connectivity index is 4.60. The van der Waals surface area contributed by atoms with Crippen LogP contribution in [0.25, 0.3) is 0 Å². The molecule has 0 amide bonds. The van der Waals surface area contributed by atoms with Crippen LogP contribution in [0, 0.1) is 5.41 Å². The average Bonchev–Trinajstić information content (AvgIpc) is 2.15. The minimum atomic E-state index is -1.13.